The zero-order valence-electron chi connectivity index (χ0n) is 21.2. The number of likely N-dealkylation sites (tertiary alicyclic amines) is 1. The van der Waals surface area contributed by atoms with Crippen molar-refractivity contribution in [2.45, 2.75) is 109 Å². The van der Waals surface area contributed by atoms with E-state index in [2.05, 4.69) is 5.32 Å². The van der Waals surface area contributed by atoms with Crippen molar-refractivity contribution in [3.63, 3.8) is 0 Å². The molecule has 1 heterocycles. The van der Waals surface area contributed by atoms with Crippen LogP contribution < -0.4 is 5.32 Å². The normalized spacial score (nSPS) is 35.2. The van der Waals surface area contributed by atoms with Crippen molar-refractivity contribution >= 4 is 18.0 Å². The Balaban J connectivity index is 1.58. The number of hydrogen-bond acceptors (Lipinski definition) is 6. The minimum absolute atomic E-state index is 0.0746. The first-order valence-electron chi connectivity index (χ1n) is 13.1. The van der Waals surface area contributed by atoms with Crippen LogP contribution in [0.5, 0.6) is 0 Å². The summed E-state index contributed by atoms with van der Waals surface area (Å²) >= 11 is 0. The molecule has 2 N–H and O–H groups in total. The van der Waals surface area contributed by atoms with Gasteiger partial charge in [0.05, 0.1) is 12.7 Å². The van der Waals surface area contributed by atoms with Gasteiger partial charge in [-0.3, -0.25) is 4.79 Å². The number of unbranched alkanes of at least 4 members (excludes halogenated alkanes) is 1. The van der Waals surface area contributed by atoms with Crippen LogP contribution in [0.15, 0.2) is 0 Å². The zero-order valence-corrected chi connectivity index (χ0v) is 21.2. The number of alkyl carbamates (subject to hydrolysis) is 1. The number of aliphatic hydroxyl groups is 1. The fraction of sp³-hybridized carbons (Fsp3) is 0.885. The maximum Gasteiger partial charge on any atom is 0.408 e. The molecule has 4 aliphatic carbocycles. The molecule has 1 aliphatic heterocycles. The van der Waals surface area contributed by atoms with Gasteiger partial charge in [-0.15, -0.1) is 0 Å². The number of aliphatic hydroxyl groups excluding tert-OH is 1. The summed E-state index contributed by atoms with van der Waals surface area (Å²) in [5.74, 6) is 0.990. The Morgan fingerprint density at radius 1 is 1.06 bits per heavy atom. The maximum atomic E-state index is 14.1. The number of rotatable bonds is 7. The van der Waals surface area contributed by atoms with Gasteiger partial charge in [0, 0.05) is 18.4 Å². The Bertz CT molecular complexity index is 755. The standard InChI is InChI=1S/C26H42N2O6/c1-5-6-7-33-23(31)20-11-19(29)15-28(20)22(30)21(27-24(32)34-25(2,3)4)26-12-16-8-17(13-26)10-18(9-16)14-26/h16-21,29H,5-15H2,1-4H3,(H,27,32)/t16?,17?,18?,19-,20+,21-,26?/m1/s1. The van der Waals surface area contributed by atoms with Crippen LogP contribution >= 0.6 is 0 Å². The summed E-state index contributed by atoms with van der Waals surface area (Å²) in [4.78, 5) is 41.3. The smallest absolute Gasteiger partial charge is 0.408 e. The summed E-state index contributed by atoms with van der Waals surface area (Å²) in [5.41, 5.74) is -1.01. The van der Waals surface area contributed by atoms with Crippen LogP contribution in [0.3, 0.4) is 0 Å². The van der Waals surface area contributed by atoms with E-state index in [0.29, 0.717) is 24.4 Å². The van der Waals surface area contributed by atoms with Crippen molar-refractivity contribution < 1.29 is 29.0 Å². The average Bonchev–Trinajstić information content (AvgIpc) is 3.11. The lowest BCUT2D eigenvalue weighted by Crippen LogP contribution is -2.63. The predicted molar refractivity (Wildman–Crippen MR) is 126 cm³/mol. The van der Waals surface area contributed by atoms with Crippen LogP contribution in [-0.4, -0.2) is 64.9 Å². The highest BCUT2D eigenvalue weighted by molar-refractivity contribution is 5.91. The Morgan fingerprint density at radius 2 is 1.65 bits per heavy atom. The van der Waals surface area contributed by atoms with E-state index in [1.54, 1.807) is 20.8 Å². The lowest BCUT2D eigenvalue weighted by atomic mass is 9.47. The number of carbonyl (C=O) groups excluding carboxylic acids is 3. The topological polar surface area (TPSA) is 105 Å². The quantitative estimate of drug-likeness (QED) is 0.429. The lowest BCUT2D eigenvalue weighted by Gasteiger charge is -2.59. The summed E-state index contributed by atoms with van der Waals surface area (Å²) in [6, 6.07) is -1.59. The van der Waals surface area contributed by atoms with E-state index in [-0.39, 0.29) is 24.3 Å². The van der Waals surface area contributed by atoms with Crippen molar-refractivity contribution in [1.82, 2.24) is 10.2 Å². The monoisotopic (exact) mass is 478 g/mol. The van der Waals surface area contributed by atoms with E-state index >= 15 is 0 Å². The molecule has 0 unspecified atom stereocenters. The number of β-amino-alcohol motifs (C(OH)–C–C–N with tert-alkyl or cyclic N) is 1. The van der Waals surface area contributed by atoms with E-state index in [4.69, 9.17) is 9.47 Å². The number of hydrogen-bond donors (Lipinski definition) is 2. The molecule has 1 saturated heterocycles. The first-order chi connectivity index (χ1) is 16.0. The third-order valence-electron chi connectivity index (χ3n) is 8.18. The number of nitrogens with one attached hydrogen (secondary N) is 1. The van der Waals surface area contributed by atoms with Gasteiger partial charge in [-0.2, -0.15) is 0 Å². The fourth-order valence-corrected chi connectivity index (χ4v) is 7.29. The van der Waals surface area contributed by atoms with Crippen LogP contribution in [0, 0.1) is 23.2 Å². The molecular formula is C26H42N2O6. The van der Waals surface area contributed by atoms with Gasteiger partial charge >= 0.3 is 12.1 Å². The molecule has 5 aliphatic rings. The van der Waals surface area contributed by atoms with Gasteiger partial charge < -0.3 is 24.8 Å². The van der Waals surface area contributed by atoms with E-state index in [0.717, 1.165) is 32.1 Å². The molecule has 34 heavy (non-hydrogen) atoms. The van der Waals surface area contributed by atoms with Gasteiger partial charge in [0.25, 0.3) is 0 Å². The van der Waals surface area contributed by atoms with E-state index < -0.39 is 35.9 Å². The van der Waals surface area contributed by atoms with Gasteiger partial charge in [-0.1, -0.05) is 13.3 Å². The molecular weight excluding hydrogens is 436 g/mol. The predicted octanol–water partition coefficient (Wildman–Crippen LogP) is 3.40. The van der Waals surface area contributed by atoms with Crippen LogP contribution in [-0.2, 0) is 19.1 Å². The Morgan fingerprint density at radius 3 is 2.18 bits per heavy atom. The van der Waals surface area contributed by atoms with Gasteiger partial charge in [0.1, 0.15) is 17.7 Å². The Kier molecular flexibility index (Phi) is 7.19. The van der Waals surface area contributed by atoms with Gasteiger partial charge in [0.15, 0.2) is 0 Å². The van der Waals surface area contributed by atoms with Crippen molar-refractivity contribution in [2.24, 2.45) is 23.2 Å². The van der Waals surface area contributed by atoms with Crippen molar-refractivity contribution in [3.8, 4) is 0 Å². The van der Waals surface area contributed by atoms with E-state index in [9.17, 15) is 19.5 Å². The van der Waals surface area contributed by atoms with Gasteiger partial charge in [-0.05, 0) is 83.5 Å². The molecule has 0 aromatic carbocycles. The summed E-state index contributed by atoms with van der Waals surface area (Å²) in [5, 5.41) is 13.3. The van der Waals surface area contributed by atoms with E-state index in [1.165, 1.54) is 24.2 Å². The molecule has 8 nitrogen and oxygen atoms in total. The highest BCUT2D eigenvalue weighted by atomic mass is 16.6. The molecule has 0 aromatic rings. The minimum atomic E-state index is -0.823. The van der Waals surface area contributed by atoms with Crippen molar-refractivity contribution in [3.05, 3.63) is 0 Å². The molecule has 4 bridgehead atoms. The third-order valence-corrected chi connectivity index (χ3v) is 8.18. The van der Waals surface area contributed by atoms with Crippen molar-refractivity contribution in [2.75, 3.05) is 13.2 Å². The molecule has 0 spiro atoms. The fourth-order valence-electron chi connectivity index (χ4n) is 7.29. The molecule has 0 aromatic heterocycles. The first kappa shape index (κ1) is 25.3. The largest absolute Gasteiger partial charge is 0.464 e. The molecule has 5 rings (SSSR count). The SMILES string of the molecule is CCCCOC(=O)[C@@H]1C[C@@H](O)CN1C(=O)[C@@H](NC(=O)OC(C)(C)C)C12CC3CC(CC(C3)C1)C2. The third kappa shape index (κ3) is 5.37. The molecule has 8 heteroatoms. The molecule has 3 atom stereocenters. The first-order valence-corrected chi connectivity index (χ1v) is 13.1. The number of amides is 2. The summed E-state index contributed by atoms with van der Waals surface area (Å²) in [6.07, 6.45) is 6.78. The van der Waals surface area contributed by atoms with Crippen LogP contribution in [0.2, 0.25) is 0 Å². The highest BCUT2D eigenvalue weighted by Crippen LogP contribution is 2.61. The summed E-state index contributed by atoms with van der Waals surface area (Å²) < 4.78 is 11.0. The second kappa shape index (κ2) is 9.67. The zero-order chi connectivity index (χ0) is 24.7. The minimum Gasteiger partial charge on any atom is -0.464 e. The molecule has 192 valence electrons. The summed E-state index contributed by atoms with van der Waals surface area (Å²) in [6.45, 7) is 7.79. The number of carbonyl (C=O) groups is 3. The van der Waals surface area contributed by atoms with Crippen LogP contribution in [0.1, 0.15) is 85.5 Å². The van der Waals surface area contributed by atoms with Gasteiger partial charge in [0.2, 0.25) is 5.91 Å². The maximum absolute atomic E-state index is 14.1. The number of esters is 1. The van der Waals surface area contributed by atoms with Gasteiger partial charge in [-0.25, -0.2) is 9.59 Å². The molecule has 4 saturated carbocycles. The Hall–Kier alpha value is -1.83. The lowest BCUT2D eigenvalue weighted by molar-refractivity contribution is -0.158. The highest BCUT2D eigenvalue weighted by Gasteiger charge is 2.58. The van der Waals surface area contributed by atoms with Crippen molar-refractivity contribution in [1.29, 1.82) is 0 Å². The van der Waals surface area contributed by atoms with Crippen LogP contribution in [0.4, 0.5) is 4.79 Å². The molecule has 5 fully saturated rings. The molecule has 0 radical (unpaired) electrons. The Labute approximate surface area is 203 Å². The average molecular weight is 479 g/mol. The number of ether oxygens (including phenoxy) is 2. The number of nitrogens with zero attached hydrogens (tertiary/aromatic N) is 1. The summed E-state index contributed by atoms with van der Waals surface area (Å²) in [7, 11) is 0. The second-order valence-electron chi connectivity index (χ2n) is 12.3. The van der Waals surface area contributed by atoms with E-state index in [1.807, 2.05) is 6.92 Å². The van der Waals surface area contributed by atoms with Crippen LogP contribution in [0.25, 0.3) is 0 Å². The molecule has 2 amide bonds. The second-order valence-corrected chi connectivity index (χ2v) is 12.3.